The van der Waals surface area contributed by atoms with E-state index in [2.05, 4.69) is 5.10 Å². The third kappa shape index (κ3) is 2.18. The molecule has 0 atom stereocenters. The molecule has 0 unspecified atom stereocenters. The molecule has 20 heavy (non-hydrogen) atoms. The van der Waals surface area contributed by atoms with E-state index in [0.717, 1.165) is 11.1 Å². The van der Waals surface area contributed by atoms with Crippen LogP contribution in [-0.2, 0) is 20.0 Å². The lowest BCUT2D eigenvalue weighted by molar-refractivity contribution is 0.657. The van der Waals surface area contributed by atoms with Gasteiger partial charge in [-0.15, -0.1) is 0 Å². The number of hydrogen-bond donors (Lipinski definition) is 1. The summed E-state index contributed by atoms with van der Waals surface area (Å²) >= 11 is 0. The van der Waals surface area contributed by atoms with E-state index in [1.807, 2.05) is 49.6 Å². The quantitative estimate of drug-likeness (QED) is 0.784. The van der Waals surface area contributed by atoms with Crippen LogP contribution in [0.5, 0.6) is 0 Å². The first-order valence-corrected chi connectivity index (χ1v) is 6.52. The molecule has 0 bridgehead atoms. The number of pyridine rings is 1. The summed E-state index contributed by atoms with van der Waals surface area (Å²) in [5.74, 6) is 0.490. The topological polar surface area (TPSA) is 65.8 Å². The Balaban J connectivity index is 1.97. The SMILES string of the molecule is Cn1ccc(CCn2c(N)cc3ccccc3c2=O)n1. The Morgan fingerprint density at radius 3 is 2.80 bits per heavy atom. The van der Waals surface area contributed by atoms with E-state index in [1.54, 1.807) is 9.25 Å². The van der Waals surface area contributed by atoms with Crippen molar-refractivity contribution in [1.29, 1.82) is 0 Å². The number of benzene rings is 1. The molecule has 3 aromatic rings. The summed E-state index contributed by atoms with van der Waals surface area (Å²) in [7, 11) is 1.88. The van der Waals surface area contributed by atoms with Crippen molar-refractivity contribution in [3.63, 3.8) is 0 Å². The fourth-order valence-corrected chi connectivity index (χ4v) is 2.37. The average molecular weight is 268 g/mol. The molecule has 0 aliphatic carbocycles. The van der Waals surface area contributed by atoms with Gasteiger partial charge in [-0.3, -0.25) is 14.0 Å². The molecule has 3 rings (SSSR count). The van der Waals surface area contributed by atoms with E-state index in [0.29, 0.717) is 24.2 Å². The number of rotatable bonds is 3. The van der Waals surface area contributed by atoms with Crippen molar-refractivity contribution in [2.45, 2.75) is 13.0 Å². The van der Waals surface area contributed by atoms with Crippen LogP contribution in [0.4, 0.5) is 5.82 Å². The van der Waals surface area contributed by atoms with E-state index >= 15 is 0 Å². The van der Waals surface area contributed by atoms with Gasteiger partial charge in [0.2, 0.25) is 0 Å². The van der Waals surface area contributed by atoms with Crippen LogP contribution in [0.15, 0.2) is 47.4 Å². The van der Waals surface area contributed by atoms with Crippen LogP contribution in [0.25, 0.3) is 10.8 Å². The second kappa shape index (κ2) is 4.85. The predicted octanol–water partition coefficient (Wildman–Crippen LogP) is 1.56. The normalized spacial score (nSPS) is 11.1. The summed E-state index contributed by atoms with van der Waals surface area (Å²) < 4.78 is 3.36. The molecule has 1 aromatic carbocycles. The zero-order chi connectivity index (χ0) is 14.1. The number of fused-ring (bicyclic) bond motifs is 1. The van der Waals surface area contributed by atoms with E-state index in [9.17, 15) is 4.79 Å². The molecule has 0 saturated carbocycles. The van der Waals surface area contributed by atoms with Crippen molar-refractivity contribution in [3.05, 3.63) is 58.6 Å². The maximum Gasteiger partial charge on any atom is 0.259 e. The molecule has 0 aliphatic rings. The number of aromatic nitrogens is 3. The minimum atomic E-state index is -0.0449. The Labute approximate surface area is 116 Å². The summed E-state index contributed by atoms with van der Waals surface area (Å²) in [4.78, 5) is 12.4. The second-order valence-electron chi connectivity index (χ2n) is 4.84. The maximum absolute atomic E-state index is 12.4. The molecule has 5 heteroatoms. The highest BCUT2D eigenvalue weighted by Crippen LogP contribution is 2.13. The zero-order valence-corrected chi connectivity index (χ0v) is 11.3. The highest BCUT2D eigenvalue weighted by molar-refractivity contribution is 5.83. The first-order chi connectivity index (χ1) is 9.65. The minimum absolute atomic E-state index is 0.0449. The molecule has 0 aliphatic heterocycles. The Hall–Kier alpha value is -2.56. The van der Waals surface area contributed by atoms with Gasteiger partial charge in [-0.1, -0.05) is 18.2 Å². The van der Waals surface area contributed by atoms with Gasteiger partial charge < -0.3 is 5.73 Å². The predicted molar refractivity (Wildman–Crippen MR) is 79.5 cm³/mol. The van der Waals surface area contributed by atoms with Gasteiger partial charge >= 0.3 is 0 Å². The van der Waals surface area contributed by atoms with Crippen LogP contribution in [-0.4, -0.2) is 14.3 Å². The third-order valence-electron chi connectivity index (χ3n) is 3.41. The monoisotopic (exact) mass is 268 g/mol. The van der Waals surface area contributed by atoms with Gasteiger partial charge in [-0.2, -0.15) is 5.10 Å². The molecule has 2 aromatic heterocycles. The second-order valence-corrected chi connectivity index (χ2v) is 4.84. The molecular weight excluding hydrogens is 252 g/mol. The summed E-state index contributed by atoms with van der Waals surface area (Å²) in [5, 5.41) is 5.88. The third-order valence-corrected chi connectivity index (χ3v) is 3.41. The standard InChI is InChI=1S/C15H16N4O/c1-18-8-6-12(17-18)7-9-19-14(16)10-11-4-2-3-5-13(11)15(19)20/h2-6,8,10H,7,9,16H2,1H3. The molecule has 0 spiro atoms. The Kier molecular flexibility index (Phi) is 3.02. The van der Waals surface area contributed by atoms with Crippen molar-refractivity contribution in [2.24, 2.45) is 7.05 Å². The summed E-state index contributed by atoms with van der Waals surface area (Å²) in [6.07, 6.45) is 2.57. The lowest BCUT2D eigenvalue weighted by Crippen LogP contribution is -2.24. The maximum atomic E-state index is 12.4. The molecule has 0 saturated heterocycles. The molecule has 0 fully saturated rings. The van der Waals surface area contributed by atoms with Gasteiger partial charge in [0, 0.05) is 31.6 Å². The first-order valence-electron chi connectivity index (χ1n) is 6.52. The number of nitrogens with zero attached hydrogens (tertiary/aromatic N) is 3. The van der Waals surface area contributed by atoms with Crippen LogP contribution >= 0.6 is 0 Å². The van der Waals surface area contributed by atoms with Gasteiger partial charge in [0.15, 0.2) is 0 Å². The Morgan fingerprint density at radius 1 is 1.25 bits per heavy atom. The fourth-order valence-electron chi connectivity index (χ4n) is 2.37. The molecular formula is C15H16N4O. The first kappa shape index (κ1) is 12.5. The molecule has 5 nitrogen and oxygen atoms in total. The van der Waals surface area contributed by atoms with E-state index in [-0.39, 0.29) is 5.56 Å². The van der Waals surface area contributed by atoms with E-state index in [1.165, 1.54) is 0 Å². The van der Waals surface area contributed by atoms with E-state index < -0.39 is 0 Å². The van der Waals surface area contributed by atoms with Crippen LogP contribution in [0.2, 0.25) is 0 Å². The van der Waals surface area contributed by atoms with Crippen molar-refractivity contribution in [2.75, 3.05) is 5.73 Å². The summed E-state index contributed by atoms with van der Waals surface area (Å²) in [5.41, 5.74) is 6.90. The largest absolute Gasteiger partial charge is 0.385 e. The highest BCUT2D eigenvalue weighted by atomic mass is 16.1. The number of hydrogen-bond acceptors (Lipinski definition) is 3. The van der Waals surface area contributed by atoms with Gasteiger partial charge in [-0.05, 0) is 23.6 Å². The smallest absolute Gasteiger partial charge is 0.259 e. The van der Waals surface area contributed by atoms with Gasteiger partial charge in [0.1, 0.15) is 5.82 Å². The highest BCUT2D eigenvalue weighted by Gasteiger charge is 2.07. The Morgan fingerprint density at radius 2 is 2.05 bits per heavy atom. The Bertz CT molecular complexity index is 816. The molecule has 0 amide bonds. The number of nitrogens with two attached hydrogens (primary N) is 1. The van der Waals surface area contributed by atoms with Gasteiger partial charge in [0.25, 0.3) is 5.56 Å². The number of nitrogen functional groups attached to an aromatic ring is 1. The summed E-state index contributed by atoms with van der Waals surface area (Å²) in [6, 6.07) is 11.3. The van der Waals surface area contributed by atoms with Crippen molar-refractivity contribution in [3.8, 4) is 0 Å². The summed E-state index contributed by atoms with van der Waals surface area (Å²) in [6.45, 7) is 0.534. The van der Waals surface area contributed by atoms with Crippen LogP contribution < -0.4 is 11.3 Å². The fraction of sp³-hybridized carbons (Fsp3) is 0.200. The van der Waals surface area contributed by atoms with Crippen LogP contribution in [0, 0.1) is 0 Å². The van der Waals surface area contributed by atoms with E-state index in [4.69, 9.17) is 5.73 Å². The van der Waals surface area contributed by atoms with Gasteiger partial charge in [-0.25, -0.2) is 0 Å². The van der Waals surface area contributed by atoms with Gasteiger partial charge in [0.05, 0.1) is 5.69 Å². The number of aryl methyl sites for hydroxylation is 2. The zero-order valence-electron chi connectivity index (χ0n) is 11.3. The minimum Gasteiger partial charge on any atom is -0.385 e. The molecule has 2 heterocycles. The molecule has 2 N–H and O–H groups in total. The lowest BCUT2D eigenvalue weighted by Gasteiger charge is -2.10. The van der Waals surface area contributed by atoms with Crippen molar-refractivity contribution >= 4 is 16.6 Å². The van der Waals surface area contributed by atoms with Crippen LogP contribution in [0.3, 0.4) is 0 Å². The van der Waals surface area contributed by atoms with Crippen molar-refractivity contribution < 1.29 is 0 Å². The van der Waals surface area contributed by atoms with Crippen molar-refractivity contribution in [1.82, 2.24) is 14.3 Å². The molecule has 0 radical (unpaired) electrons. The lowest BCUT2D eigenvalue weighted by atomic mass is 10.1. The average Bonchev–Trinajstić information content (AvgIpc) is 2.84. The number of anilines is 1. The molecule has 102 valence electrons. The van der Waals surface area contributed by atoms with Crippen LogP contribution in [0.1, 0.15) is 5.69 Å².